The van der Waals surface area contributed by atoms with Crippen molar-refractivity contribution in [1.29, 1.82) is 0 Å². The maximum absolute atomic E-state index is 12.2. The molecule has 1 amide bonds. The number of nitrogens with one attached hydrogen (secondary N) is 1. The van der Waals surface area contributed by atoms with E-state index in [0.717, 1.165) is 27.8 Å². The molecule has 1 heterocycles. The molecule has 0 fully saturated rings. The number of methoxy groups -OCH3 is 1. The fourth-order valence-electron chi connectivity index (χ4n) is 2.49. The standard InChI is InChI=1S/C19H18N2O2/c1-23-17-9-7-14(8-10-17)13-21-18(22)12-16-5-2-4-15-6-3-11-20-19(15)16/h2-11H,12-13H2,1H3,(H,21,22). The highest BCUT2D eigenvalue weighted by molar-refractivity contribution is 5.87. The van der Waals surface area contributed by atoms with Crippen molar-refractivity contribution >= 4 is 16.8 Å². The van der Waals surface area contributed by atoms with E-state index in [1.807, 2.05) is 54.6 Å². The molecule has 3 rings (SSSR count). The van der Waals surface area contributed by atoms with Gasteiger partial charge in [-0.2, -0.15) is 0 Å². The summed E-state index contributed by atoms with van der Waals surface area (Å²) in [4.78, 5) is 16.6. The van der Waals surface area contributed by atoms with Crippen molar-refractivity contribution in [1.82, 2.24) is 10.3 Å². The van der Waals surface area contributed by atoms with Gasteiger partial charge in [-0.1, -0.05) is 36.4 Å². The molecule has 0 saturated heterocycles. The Hall–Kier alpha value is -2.88. The van der Waals surface area contributed by atoms with Crippen LogP contribution in [0.3, 0.4) is 0 Å². The number of fused-ring (bicyclic) bond motifs is 1. The minimum absolute atomic E-state index is 0.0148. The normalized spacial score (nSPS) is 10.5. The molecule has 0 atom stereocenters. The van der Waals surface area contributed by atoms with Crippen molar-refractivity contribution in [2.24, 2.45) is 0 Å². The Morgan fingerprint density at radius 2 is 1.87 bits per heavy atom. The molecular weight excluding hydrogens is 288 g/mol. The van der Waals surface area contributed by atoms with Gasteiger partial charge < -0.3 is 10.1 Å². The van der Waals surface area contributed by atoms with Crippen LogP contribution in [0.1, 0.15) is 11.1 Å². The molecule has 4 nitrogen and oxygen atoms in total. The topological polar surface area (TPSA) is 51.2 Å². The van der Waals surface area contributed by atoms with E-state index in [2.05, 4.69) is 10.3 Å². The third kappa shape index (κ3) is 3.66. The molecule has 3 aromatic rings. The third-order valence-electron chi connectivity index (χ3n) is 3.72. The largest absolute Gasteiger partial charge is 0.497 e. The van der Waals surface area contributed by atoms with Gasteiger partial charge >= 0.3 is 0 Å². The lowest BCUT2D eigenvalue weighted by Gasteiger charge is -2.08. The van der Waals surface area contributed by atoms with Crippen molar-refractivity contribution in [2.45, 2.75) is 13.0 Å². The summed E-state index contributed by atoms with van der Waals surface area (Å²) in [5.41, 5.74) is 2.86. The number of rotatable bonds is 5. The lowest BCUT2D eigenvalue weighted by Crippen LogP contribution is -2.24. The summed E-state index contributed by atoms with van der Waals surface area (Å²) >= 11 is 0. The number of hydrogen-bond acceptors (Lipinski definition) is 3. The number of nitrogens with zero attached hydrogens (tertiary/aromatic N) is 1. The van der Waals surface area contributed by atoms with E-state index in [9.17, 15) is 4.79 Å². The minimum atomic E-state index is -0.0148. The third-order valence-corrected chi connectivity index (χ3v) is 3.72. The van der Waals surface area contributed by atoms with Crippen LogP contribution >= 0.6 is 0 Å². The highest BCUT2D eigenvalue weighted by atomic mass is 16.5. The number of hydrogen-bond donors (Lipinski definition) is 1. The Morgan fingerprint density at radius 1 is 1.09 bits per heavy atom. The average molecular weight is 306 g/mol. The lowest BCUT2D eigenvalue weighted by molar-refractivity contribution is -0.120. The quantitative estimate of drug-likeness (QED) is 0.788. The Balaban J connectivity index is 1.64. The molecule has 0 radical (unpaired) electrons. The van der Waals surface area contributed by atoms with Crippen LogP contribution in [0.15, 0.2) is 60.8 Å². The first-order chi connectivity index (χ1) is 11.3. The first-order valence-corrected chi connectivity index (χ1v) is 7.48. The number of para-hydroxylation sites is 1. The zero-order valence-corrected chi connectivity index (χ0v) is 13.0. The van der Waals surface area contributed by atoms with E-state index in [1.165, 1.54) is 0 Å². The van der Waals surface area contributed by atoms with Crippen molar-refractivity contribution < 1.29 is 9.53 Å². The summed E-state index contributed by atoms with van der Waals surface area (Å²) in [5.74, 6) is 0.792. The zero-order valence-electron chi connectivity index (χ0n) is 13.0. The van der Waals surface area contributed by atoms with E-state index in [1.54, 1.807) is 13.3 Å². The fourth-order valence-corrected chi connectivity index (χ4v) is 2.49. The molecule has 2 aromatic carbocycles. The second-order valence-electron chi connectivity index (χ2n) is 5.29. The van der Waals surface area contributed by atoms with Gasteiger partial charge in [0, 0.05) is 18.1 Å². The van der Waals surface area contributed by atoms with Gasteiger partial charge in [0.25, 0.3) is 0 Å². The predicted octanol–water partition coefficient (Wildman–Crippen LogP) is 3.10. The number of carbonyl (C=O) groups is 1. The molecule has 23 heavy (non-hydrogen) atoms. The van der Waals surface area contributed by atoms with Crippen molar-refractivity contribution in [3.8, 4) is 5.75 Å². The maximum atomic E-state index is 12.2. The van der Waals surface area contributed by atoms with Crippen LogP contribution in [0.2, 0.25) is 0 Å². The summed E-state index contributed by atoms with van der Waals surface area (Å²) in [6.07, 6.45) is 2.08. The molecule has 4 heteroatoms. The molecular formula is C19H18N2O2. The van der Waals surface area contributed by atoms with Gasteiger partial charge in [0.05, 0.1) is 19.0 Å². The monoisotopic (exact) mass is 306 g/mol. The van der Waals surface area contributed by atoms with Crippen LogP contribution in [-0.2, 0) is 17.8 Å². The van der Waals surface area contributed by atoms with Crippen molar-refractivity contribution in [3.63, 3.8) is 0 Å². The Labute approximate surface area is 135 Å². The van der Waals surface area contributed by atoms with Crippen LogP contribution in [0.5, 0.6) is 5.75 Å². The SMILES string of the molecule is COc1ccc(CNC(=O)Cc2cccc3cccnc23)cc1. The Kier molecular flexibility index (Phi) is 4.52. The van der Waals surface area contributed by atoms with Crippen molar-refractivity contribution in [2.75, 3.05) is 7.11 Å². The fraction of sp³-hybridized carbons (Fsp3) is 0.158. The van der Waals surface area contributed by atoms with Gasteiger partial charge in [-0.25, -0.2) is 0 Å². The van der Waals surface area contributed by atoms with Crippen LogP contribution in [-0.4, -0.2) is 18.0 Å². The number of amides is 1. The summed E-state index contributed by atoms with van der Waals surface area (Å²) in [6.45, 7) is 0.501. The Bertz CT molecular complexity index is 808. The van der Waals surface area contributed by atoms with Gasteiger partial charge in [0.15, 0.2) is 0 Å². The molecule has 0 spiro atoms. The van der Waals surface area contributed by atoms with E-state index in [-0.39, 0.29) is 5.91 Å². The van der Waals surface area contributed by atoms with Gasteiger partial charge in [-0.3, -0.25) is 9.78 Å². The highest BCUT2D eigenvalue weighted by Crippen LogP contribution is 2.16. The molecule has 116 valence electrons. The number of carbonyl (C=O) groups excluding carboxylic acids is 1. The molecule has 0 unspecified atom stereocenters. The van der Waals surface area contributed by atoms with Crippen LogP contribution < -0.4 is 10.1 Å². The van der Waals surface area contributed by atoms with Gasteiger partial charge in [0.1, 0.15) is 5.75 Å². The van der Waals surface area contributed by atoms with Gasteiger partial charge in [0.2, 0.25) is 5.91 Å². The maximum Gasteiger partial charge on any atom is 0.224 e. The molecule has 0 aliphatic heterocycles. The van der Waals surface area contributed by atoms with E-state index in [4.69, 9.17) is 4.74 Å². The lowest BCUT2D eigenvalue weighted by atomic mass is 10.1. The van der Waals surface area contributed by atoms with Gasteiger partial charge in [-0.05, 0) is 29.3 Å². The van der Waals surface area contributed by atoms with E-state index >= 15 is 0 Å². The summed E-state index contributed by atoms with van der Waals surface area (Å²) in [5, 5.41) is 3.99. The summed E-state index contributed by atoms with van der Waals surface area (Å²) in [6, 6.07) is 17.5. The Morgan fingerprint density at radius 3 is 2.65 bits per heavy atom. The van der Waals surface area contributed by atoms with Crippen LogP contribution in [0.4, 0.5) is 0 Å². The smallest absolute Gasteiger partial charge is 0.224 e. The molecule has 1 aromatic heterocycles. The average Bonchev–Trinajstić information content (AvgIpc) is 2.61. The first-order valence-electron chi connectivity index (χ1n) is 7.48. The predicted molar refractivity (Wildman–Crippen MR) is 90.3 cm³/mol. The molecule has 0 aliphatic rings. The van der Waals surface area contributed by atoms with E-state index < -0.39 is 0 Å². The number of pyridine rings is 1. The molecule has 0 saturated carbocycles. The number of aromatic nitrogens is 1. The summed E-state index contributed by atoms with van der Waals surface area (Å²) < 4.78 is 5.12. The number of ether oxygens (including phenoxy) is 1. The van der Waals surface area contributed by atoms with Crippen LogP contribution in [0, 0.1) is 0 Å². The van der Waals surface area contributed by atoms with Crippen LogP contribution in [0.25, 0.3) is 10.9 Å². The van der Waals surface area contributed by atoms with Crippen molar-refractivity contribution in [3.05, 3.63) is 71.9 Å². The highest BCUT2D eigenvalue weighted by Gasteiger charge is 2.07. The molecule has 1 N–H and O–H groups in total. The zero-order chi connectivity index (χ0) is 16.1. The van der Waals surface area contributed by atoms with Gasteiger partial charge in [-0.15, -0.1) is 0 Å². The second-order valence-corrected chi connectivity index (χ2v) is 5.29. The minimum Gasteiger partial charge on any atom is -0.497 e. The molecule has 0 aliphatic carbocycles. The van der Waals surface area contributed by atoms with E-state index in [0.29, 0.717) is 13.0 Å². The summed E-state index contributed by atoms with van der Waals surface area (Å²) in [7, 11) is 1.63. The second kappa shape index (κ2) is 6.92. The number of benzene rings is 2. The first kappa shape index (κ1) is 15.0. The molecule has 0 bridgehead atoms.